The summed E-state index contributed by atoms with van der Waals surface area (Å²) < 4.78 is 28.0. The number of sulfonamides is 1. The highest BCUT2D eigenvalue weighted by Crippen LogP contribution is 2.23. The summed E-state index contributed by atoms with van der Waals surface area (Å²) in [6, 6.07) is 6.63. The van der Waals surface area contributed by atoms with E-state index in [1.807, 2.05) is 0 Å². The minimum atomic E-state index is -3.52. The Morgan fingerprint density at radius 3 is 2.36 bits per heavy atom. The molecule has 0 bridgehead atoms. The molecule has 7 heteroatoms. The molecule has 2 aliphatic rings. The second-order valence-corrected chi connectivity index (χ2v) is 8.59. The van der Waals surface area contributed by atoms with Gasteiger partial charge < -0.3 is 9.80 Å². The number of hydrogen-bond acceptors (Lipinski definition) is 4. The van der Waals surface area contributed by atoms with Gasteiger partial charge in [0.2, 0.25) is 15.9 Å². The fourth-order valence-electron chi connectivity index (χ4n) is 3.60. The molecular weight excluding hydrogens is 338 g/mol. The van der Waals surface area contributed by atoms with Crippen LogP contribution in [-0.2, 0) is 14.8 Å². The van der Waals surface area contributed by atoms with Crippen molar-refractivity contribution in [2.24, 2.45) is 0 Å². The van der Waals surface area contributed by atoms with Crippen LogP contribution in [-0.4, -0.2) is 51.4 Å². The number of likely N-dealkylation sites (tertiary alicyclic amines) is 1. The molecule has 0 atom stereocenters. The van der Waals surface area contributed by atoms with E-state index in [0.717, 1.165) is 51.0 Å². The quantitative estimate of drug-likeness (QED) is 0.837. The van der Waals surface area contributed by atoms with Gasteiger partial charge in [0.1, 0.15) is 0 Å². The maximum Gasteiger partial charge on any atom is 0.240 e. The molecular formula is C18H27N3O3S. The van der Waals surface area contributed by atoms with Gasteiger partial charge in [0.05, 0.1) is 4.90 Å². The summed E-state index contributed by atoms with van der Waals surface area (Å²) in [5, 5.41) is 0. The summed E-state index contributed by atoms with van der Waals surface area (Å²) in [5.74, 6) is 0.104. The smallest absolute Gasteiger partial charge is 0.240 e. The zero-order valence-corrected chi connectivity index (χ0v) is 15.6. The molecule has 1 amide bonds. The van der Waals surface area contributed by atoms with Crippen LogP contribution in [0.4, 0.5) is 5.69 Å². The second kappa shape index (κ2) is 7.85. The van der Waals surface area contributed by atoms with Crippen LogP contribution in [0.2, 0.25) is 0 Å². The number of rotatable bonds is 6. The van der Waals surface area contributed by atoms with Crippen molar-refractivity contribution < 1.29 is 13.2 Å². The van der Waals surface area contributed by atoms with Gasteiger partial charge in [0, 0.05) is 24.7 Å². The Morgan fingerprint density at radius 1 is 1.12 bits per heavy atom. The number of piperidine rings is 1. The summed E-state index contributed by atoms with van der Waals surface area (Å²) in [6.45, 7) is 5.83. The van der Waals surface area contributed by atoms with Gasteiger partial charge in [0.25, 0.3) is 0 Å². The van der Waals surface area contributed by atoms with Gasteiger partial charge in [0.15, 0.2) is 0 Å². The fraction of sp³-hybridized carbons (Fsp3) is 0.611. The third kappa shape index (κ3) is 4.40. The summed E-state index contributed by atoms with van der Waals surface area (Å²) in [7, 11) is -3.52. The first-order valence-corrected chi connectivity index (χ1v) is 10.6. The molecule has 0 radical (unpaired) electrons. The first kappa shape index (κ1) is 18.4. The summed E-state index contributed by atoms with van der Waals surface area (Å²) in [5.41, 5.74) is 0.773. The number of hydrogen-bond donors (Lipinski definition) is 1. The van der Waals surface area contributed by atoms with E-state index in [-0.39, 0.29) is 16.8 Å². The highest BCUT2D eigenvalue weighted by atomic mass is 32.2. The van der Waals surface area contributed by atoms with Crippen LogP contribution in [0.15, 0.2) is 29.2 Å². The topological polar surface area (TPSA) is 69.7 Å². The molecule has 0 aromatic heterocycles. The molecule has 0 spiro atoms. The molecule has 0 aliphatic carbocycles. The maximum absolute atomic E-state index is 12.6. The number of amides is 1. The van der Waals surface area contributed by atoms with Crippen molar-refractivity contribution >= 4 is 21.6 Å². The van der Waals surface area contributed by atoms with Crippen molar-refractivity contribution in [3.05, 3.63) is 24.3 Å². The Morgan fingerprint density at radius 2 is 1.80 bits per heavy atom. The van der Waals surface area contributed by atoms with Gasteiger partial charge in [-0.15, -0.1) is 0 Å². The average Bonchev–Trinajstić information content (AvgIpc) is 3.03. The van der Waals surface area contributed by atoms with Gasteiger partial charge in [-0.25, -0.2) is 13.1 Å². The first-order valence-electron chi connectivity index (χ1n) is 9.15. The van der Waals surface area contributed by atoms with Crippen molar-refractivity contribution in [3.63, 3.8) is 0 Å². The summed E-state index contributed by atoms with van der Waals surface area (Å²) in [6.07, 6.45) is 4.25. The molecule has 2 heterocycles. The van der Waals surface area contributed by atoms with Crippen LogP contribution in [0.25, 0.3) is 0 Å². The van der Waals surface area contributed by atoms with Gasteiger partial charge in [-0.2, -0.15) is 0 Å². The molecule has 6 nitrogen and oxygen atoms in total. The van der Waals surface area contributed by atoms with Crippen molar-refractivity contribution in [2.45, 2.75) is 50.0 Å². The molecule has 0 saturated carbocycles. The molecule has 2 aliphatic heterocycles. The van der Waals surface area contributed by atoms with Crippen molar-refractivity contribution in [1.82, 2.24) is 9.62 Å². The first-order chi connectivity index (χ1) is 12.0. The number of carbonyl (C=O) groups is 1. The van der Waals surface area contributed by atoms with Gasteiger partial charge in [-0.05, 0) is 69.6 Å². The molecule has 2 fully saturated rings. The Labute approximate surface area is 150 Å². The molecule has 2 saturated heterocycles. The van der Waals surface area contributed by atoms with E-state index >= 15 is 0 Å². The Hall–Kier alpha value is -1.44. The van der Waals surface area contributed by atoms with E-state index in [2.05, 4.69) is 16.5 Å². The van der Waals surface area contributed by atoms with Crippen LogP contribution in [0.5, 0.6) is 0 Å². The van der Waals surface area contributed by atoms with E-state index in [9.17, 15) is 13.2 Å². The average molecular weight is 365 g/mol. The lowest BCUT2D eigenvalue weighted by Gasteiger charge is -2.31. The molecule has 138 valence electrons. The zero-order valence-electron chi connectivity index (χ0n) is 14.8. The van der Waals surface area contributed by atoms with Gasteiger partial charge in [-0.1, -0.05) is 6.92 Å². The monoisotopic (exact) mass is 365 g/mol. The molecule has 3 rings (SSSR count). The zero-order chi connectivity index (χ0) is 17.9. The third-order valence-electron chi connectivity index (χ3n) is 4.98. The number of anilines is 1. The Bertz CT molecular complexity index is 695. The molecule has 1 N–H and O–H groups in total. The second-order valence-electron chi connectivity index (χ2n) is 6.88. The highest BCUT2D eigenvalue weighted by Gasteiger charge is 2.25. The third-order valence-corrected chi connectivity index (χ3v) is 6.52. The lowest BCUT2D eigenvalue weighted by molar-refractivity contribution is -0.117. The van der Waals surface area contributed by atoms with Crippen molar-refractivity contribution in [1.29, 1.82) is 0 Å². The normalized spacial score (nSPS) is 20.4. The number of carbonyl (C=O) groups excluding carboxylic acids is 1. The molecule has 0 unspecified atom stereocenters. The highest BCUT2D eigenvalue weighted by molar-refractivity contribution is 7.89. The summed E-state index contributed by atoms with van der Waals surface area (Å²) in [4.78, 5) is 16.1. The largest absolute Gasteiger partial charge is 0.312 e. The minimum absolute atomic E-state index is 0.00191. The predicted molar refractivity (Wildman–Crippen MR) is 98.1 cm³/mol. The van der Waals surface area contributed by atoms with Crippen molar-refractivity contribution in [2.75, 3.05) is 31.1 Å². The molecule has 1 aromatic rings. The van der Waals surface area contributed by atoms with Crippen LogP contribution >= 0.6 is 0 Å². The predicted octanol–water partition coefficient (Wildman–Crippen LogP) is 1.97. The van der Waals surface area contributed by atoms with Gasteiger partial charge >= 0.3 is 0 Å². The fourth-order valence-corrected chi connectivity index (χ4v) is 4.91. The maximum atomic E-state index is 12.6. The van der Waals surface area contributed by atoms with Crippen LogP contribution in [0, 0.1) is 0 Å². The van der Waals surface area contributed by atoms with E-state index < -0.39 is 10.0 Å². The van der Waals surface area contributed by atoms with E-state index in [0.29, 0.717) is 13.0 Å². The lowest BCUT2D eigenvalue weighted by Crippen LogP contribution is -2.44. The standard InChI is InChI=1S/C18H27N3O3S/c1-2-11-20-13-9-15(10-14-20)19-25(23,24)17-7-5-16(6-8-17)21-12-3-4-18(21)22/h5-8,15,19H,2-4,9-14H2,1H3. The SMILES string of the molecule is CCCN1CCC(NS(=O)(=O)c2ccc(N3CCCC3=O)cc2)CC1. The molecule has 1 aromatic carbocycles. The van der Waals surface area contributed by atoms with Crippen LogP contribution in [0.3, 0.4) is 0 Å². The van der Waals surface area contributed by atoms with Crippen LogP contribution < -0.4 is 9.62 Å². The number of benzene rings is 1. The number of nitrogens with one attached hydrogen (secondary N) is 1. The van der Waals surface area contributed by atoms with E-state index in [1.165, 1.54) is 0 Å². The summed E-state index contributed by atoms with van der Waals surface area (Å²) >= 11 is 0. The van der Waals surface area contributed by atoms with Gasteiger partial charge in [-0.3, -0.25) is 4.79 Å². The lowest BCUT2D eigenvalue weighted by atomic mass is 10.1. The van der Waals surface area contributed by atoms with Crippen LogP contribution in [0.1, 0.15) is 39.0 Å². The minimum Gasteiger partial charge on any atom is -0.312 e. The molecule has 25 heavy (non-hydrogen) atoms. The van der Waals surface area contributed by atoms with E-state index in [1.54, 1.807) is 29.2 Å². The number of nitrogens with zero attached hydrogens (tertiary/aromatic N) is 2. The Balaban J connectivity index is 1.61. The van der Waals surface area contributed by atoms with Crippen molar-refractivity contribution in [3.8, 4) is 0 Å². The Kier molecular flexibility index (Phi) is 5.76. The van der Waals surface area contributed by atoms with E-state index in [4.69, 9.17) is 0 Å².